The predicted octanol–water partition coefficient (Wildman–Crippen LogP) is 4.40. The van der Waals surface area contributed by atoms with Crippen LogP contribution in [0.1, 0.15) is 41.1 Å². The van der Waals surface area contributed by atoms with E-state index in [4.69, 9.17) is 28.4 Å². The zero-order valence-corrected chi connectivity index (χ0v) is 18.3. The molecule has 31 heavy (non-hydrogen) atoms. The number of methoxy groups -OCH3 is 3. The Morgan fingerprint density at radius 1 is 0.839 bits per heavy atom. The number of ether oxygens (including phenoxy) is 6. The minimum Gasteiger partial charge on any atom is -0.468 e. The van der Waals surface area contributed by atoms with Crippen molar-refractivity contribution in [1.82, 2.24) is 0 Å². The maximum absolute atomic E-state index is 13.4. The van der Waals surface area contributed by atoms with Crippen LogP contribution in [0.2, 0.25) is 0 Å². The Balaban J connectivity index is 1.86. The third kappa shape index (κ3) is 5.97. The van der Waals surface area contributed by atoms with Crippen molar-refractivity contribution in [2.75, 3.05) is 41.7 Å². The molecule has 2 aromatic rings. The fourth-order valence-electron chi connectivity index (χ4n) is 4.01. The number of carbonyl (C=O) groups is 1. The van der Waals surface area contributed by atoms with E-state index in [1.807, 2.05) is 36.4 Å². The van der Waals surface area contributed by atoms with Crippen molar-refractivity contribution in [3.63, 3.8) is 0 Å². The van der Waals surface area contributed by atoms with Gasteiger partial charge in [0.05, 0.1) is 0 Å². The van der Waals surface area contributed by atoms with Crippen molar-refractivity contribution < 1.29 is 33.2 Å². The van der Waals surface area contributed by atoms with Crippen molar-refractivity contribution in [2.45, 2.75) is 25.2 Å². The van der Waals surface area contributed by atoms with Gasteiger partial charge in [0, 0.05) is 38.4 Å². The highest BCUT2D eigenvalue weighted by Gasteiger charge is 2.36. The van der Waals surface area contributed by atoms with Gasteiger partial charge < -0.3 is 28.4 Å². The molecule has 2 atom stereocenters. The Morgan fingerprint density at radius 3 is 2.23 bits per heavy atom. The molecule has 1 saturated carbocycles. The van der Waals surface area contributed by atoms with E-state index >= 15 is 0 Å². The summed E-state index contributed by atoms with van der Waals surface area (Å²) in [6, 6.07) is 12.9. The lowest BCUT2D eigenvalue weighted by atomic mass is 9.83. The Labute approximate surface area is 183 Å². The SMILES string of the molecule is COCOc1cccc(C(=O)C2CCCC2c2cc(OCOC)ccc2OCOC)c1. The normalized spacial score (nSPS) is 18.0. The van der Waals surface area contributed by atoms with Gasteiger partial charge in [0.2, 0.25) is 0 Å². The largest absolute Gasteiger partial charge is 0.468 e. The van der Waals surface area contributed by atoms with Crippen molar-refractivity contribution in [2.24, 2.45) is 5.92 Å². The number of ketones is 1. The Morgan fingerprint density at radius 2 is 1.52 bits per heavy atom. The zero-order chi connectivity index (χ0) is 22.1. The van der Waals surface area contributed by atoms with Crippen molar-refractivity contribution in [3.8, 4) is 17.2 Å². The summed E-state index contributed by atoms with van der Waals surface area (Å²) in [6.45, 7) is 0.423. The van der Waals surface area contributed by atoms with Gasteiger partial charge in [0.25, 0.3) is 0 Å². The summed E-state index contributed by atoms with van der Waals surface area (Å²) in [7, 11) is 4.72. The number of rotatable bonds is 12. The second kappa shape index (κ2) is 11.7. The second-order valence-electron chi connectivity index (χ2n) is 7.39. The van der Waals surface area contributed by atoms with Crippen LogP contribution >= 0.6 is 0 Å². The first-order chi connectivity index (χ1) is 15.2. The van der Waals surface area contributed by atoms with Crippen LogP contribution in [0.4, 0.5) is 0 Å². The molecule has 0 aliphatic heterocycles. The lowest BCUT2D eigenvalue weighted by Gasteiger charge is -2.23. The fourth-order valence-corrected chi connectivity index (χ4v) is 4.01. The minimum absolute atomic E-state index is 0.0222. The lowest BCUT2D eigenvalue weighted by molar-refractivity contribution is 0.0473. The Kier molecular flexibility index (Phi) is 8.70. The van der Waals surface area contributed by atoms with E-state index in [0.29, 0.717) is 22.8 Å². The molecule has 0 amide bonds. The molecule has 1 aliphatic carbocycles. The molecule has 0 saturated heterocycles. The van der Waals surface area contributed by atoms with E-state index in [-0.39, 0.29) is 38.0 Å². The first-order valence-electron chi connectivity index (χ1n) is 10.3. The zero-order valence-electron chi connectivity index (χ0n) is 18.3. The Hall–Kier alpha value is -2.61. The molecule has 2 unspecified atom stereocenters. The molecule has 0 aromatic heterocycles. The van der Waals surface area contributed by atoms with Gasteiger partial charge in [0.15, 0.2) is 26.2 Å². The number of hydrogen-bond acceptors (Lipinski definition) is 7. The van der Waals surface area contributed by atoms with Gasteiger partial charge in [-0.1, -0.05) is 18.6 Å². The summed E-state index contributed by atoms with van der Waals surface area (Å²) >= 11 is 0. The molecule has 0 N–H and O–H groups in total. The monoisotopic (exact) mass is 430 g/mol. The highest BCUT2D eigenvalue weighted by molar-refractivity contribution is 5.99. The summed E-state index contributed by atoms with van der Waals surface area (Å²) in [5, 5.41) is 0. The lowest BCUT2D eigenvalue weighted by Crippen LogP contribution is -2.19. The van der Waals surface area contributed by atoms with Crippen LogP contribution in [-0.4, -0.2) is 47.5 Å². The van der Waals surface area contributed by atoms with Gasteiger partial charge >= 0.3 is 0 Å². The van der Waals surface area contributed by atoms with E-state index in [1.54, 1.807) is 27.4 Å². The van der Waals surface area contributed by atoms with Crippen LogP contribution in [0.5, 0.6) is 17.2 Å². The molecular weight excluding hydrogens is 400 g/mol. The van der Waals surface area contributed by atoms with Gasteiger partial charge in [-0.2, -0.15) is 0 Å². The molecule has 0 heterocycles. The second-order valence-corrected chi connectivity index (χ2v) is 7.39. The number of benzene rings is 2. The fraction of sp³-hybridized carbons (Fsp3) is 0.458. The van der Waals surface area contributed by atoms with E-state index in [9.17, 15) is 4.79 Å². The van der Waals surface area contributed by atoms with Crippen LogP contribution in [-0.2, 0) is 14.2 Å². The van der Waals surface area contributed by atoms with Crippen molar-refractivity contribution in [1.29, 1.82) is 0 Å². The molecule has 1 aliphatic rings. The average molecular weight is 430 g/mol. The van der Waals surface area contributed by atoms with Gasteiger partial charge in [-0.05, 0) is 49.1 Å². The summed E-state index contributed by atoms with van der Waals surface area (Å²) < 4.78 is 32.0. The summed E-state index contributed by atoms with van der Waals surface area (Å²) in [6.07, 6.45) is 2.68. The van der Waals surface area contributed by atoms with Crippen LogP contribution < -0.4 is 14.2 Å². The van der Waals surface area contributed by atoms with Crippen LogP contribution in [0.3, 0.4) is 0 Å². The van der Waals surface area contributed by atoms with E-state index in [2.05, 4.69) is 0 Å². The van der Waals surface area contributed by atoms with Crippen molar-refractivity contribution in [3.05, 3.63) is 53.6 Å². The molecule has 2 aromatic carbocycles. The first kappa shape index (κ1) is 23.1. The molecule has 7 heteroatoms. The van der Waals surface area contributed by atoms with Crippen LogP contribution in [0, 0.1) is 5.92 Å². The van der Waals surface area contributed by atoms with Gasteiger partial charge in [-0.25, -0.2) is 0 Å². The minimum atomic E-state index is -0.153. The third-order valence-corrected chi connectivity index (χ3v) is 5.37. The maximum Gasteiger partial charge on any atom is 0.188 e. The standard InChI is InChI=1S/C24H30O7/c1-26-14-29-18-7-4-6-17(12-18)24(25)21-9-5-8-20(21)22-13-19(30-15-27-2)10-11-23(22)31-16-28-3/h4,6-7,10-13,20-21H,5,8-9,14-16H2,1-3H3. The van der Waals surface area contributed by atoms with E-state index in [0.717, 1.165) is 24.8 Å². The summed E-state index contributed by atoms with van der Waals surface area (Å²) in [5.41, 5.74) is 1.59. The van der Waals surface area contributed by atoms with Crippen LogP contribution in [0.15, 0.2) is 42.5 Å². The third-order valence-electron chi connectivity index (χ3n) is 5.37. The van der Waals surface area contributed by atoms with Gasteiger partial charge in [0.1, 0.15) is 17.2 Å². The molecule has 0 spiro atoms. The highest BCUT2D eigenvalue weighted by atomic mass is 16.7. The Bertz CT molecular complexity index is 852. The number of carbonyl (C=O) groups excluding carboxylic acids is 1. The molecule has 0 bridgehead atoms. The molecule has 1 fully saturated rings. The van der Waals surface area contributed by atoms with E-state index in [1.165, 1.54) is 0 Å². The predicted molar refractivity (Wildman–Crippen MR) is 115 cm³/mol. The topological polar surface area (TPSA) is 72.5 Å². The van der Waals surface area contributed by atoms with Crippen LogP contribution in [0.25, 0.3) is 0 Å². The number of Topliss-reactive ketones (excluding diaryl/α,β-unsaturated/α-hetero) is 1. The summed E-state index contributed by atoms with van der Waals surface area (Å²) in [4.78, 5) is 13.4. The average Bonchev–Trinajstić information content (AvgIpc) is 3.29. The van der Waals surface area contributed by atoms with Crippen molar-refractivity contribution >= 4 is 5.78 Å². The first-order valence-corrected chi connectivity index (χ1v) is 10.3. The molecule has 7 nitrogen and oxygen atoms in total. The maximum atomic E-state index is 13.4. The smallest absolute Gasteiger partial charge is 0.188 e. The summed E-state index contributed by atoms with van der Waals surface area (Å²) in [5.74, 6) is 1.96. The highest BCUT2D eigenvalue weighted by Crippen LogP contribution is 2.45. The van der Waals surface area contributed by atoms with Gasteiger partial charge in [-0.3, -0.25) is 4.79 Å². The molecule has 0 radical (unpaired) electrons. The number of hydrogen-bond donors (Lipinski definition) is 0. The molecule has 168 valence electrons. The van der Waals surface area contributed by atoms with E-state index < -0.39 is 0 Å². The molecule has 3 rings (SSSR count). The van der Waals surface area contributed by atoms with Gasteiger partial charge in [-0.15, -0.1) is 0 Å². The molecular formula is C24H30O7. The quantitative estimate of drug-likeness (QED) is 0.365.